The molecule has 1 amide bonds. The summed E-state index contributed by atoms with van der Waals surface area (Å²) in [7, 11) is 1.61. The van der Waals surface area contributed by atoms with Crippen molar-refractivity contribution in [1.82, 2.24) is 19.9 Å². The van der Waals surface area contributed by atoms with Crippen molar-refractivity contribution in [2.24, 2.45) is 0 Å². The van der Waals surface area contributed by atoms with Crippen LogP contribution in [0.15, 0.2) is 71.5 Å². The fourth-order valence-electron chi connectivity index (χ4n) is 4.46. The molecule has 1 unspecified atom stereocenters. The molecule has 0 aliphatic carbocycles. The molecule has 5 aromatic rings. The third-order valence-electron chi connectivity index (χ3n) is 6.47. The van der Waals surface area contributed by atoms with Crippen molar-refractivity contribution in [2.75, 3.05) is 7.11 Å². The van der Waals surface area contributed by atoms with E-state index in [2.05, 4.69) is 15.4 Å². The number of nitrogens with zero attached hydrogens (tertiary/aromatic N) is 2. The number of carbonyl (C=O) groups is 1. The summed E-state index contributed by atoms with van der Waals surface area (Å²) in [6.45, 7) is 5.54. The molecule has 0 saturated heterocycles. The van der Waals surface area contributed by atoms with Crippen molar-refractivity contribution in [2.45, 2.75) is 26.8 Å². The lowest BCUT2D eigenvalue weighted by Crippen LogP contribution is -2.27. The SMILES string of the molecule is COc1ccc(C(C)NC(=O)c2nn3c(C)c(-c4ccc5ccccc5c4)[nH]c(=O)c3c2C)cc1. The number of benzene rings is 3. The number of H-pyrrole nitrogens is 1. The maximum absolute atomic E-state index is 13.1. The first-order valence-corrected chi connectivity index (χ1v) is 11.4. The monoisotopic (exact) mass is 466 g/mol. The number of hydrogen-bond donors (Lipinski definition) is 2. The van der Waals surface area contributed by atoms with E-state index in [-0.39, 0.29) is 23.2 Å². The van der Waals surface area contributed by atoms with Crippen molar-refractivity contribution < 1.29 is 9.53 Å². The van der Waals surface area contributed by atoms with Gasteiger partial charge in [0.15, 0.2) is 5.69 Å². The minimum Gasteiger partial charge on any atom is -0.497 e. The van der Waals surface area contributed by atoms with Gasteiger partial charge >= 0.3 is 0 Å². The number of methoxy groups -OCH3 is 1. The van der Waals surface area contributed by atoms with Crippen LogP contribution in [0.2, 0.25) is 0 Å². The second-order valence-corrected chi connectivity index (χ2v) is 8.68. The molecule has 5 rings (SSSR count). The van der Waals surface area contributed by atoms with E-state index in [9.17, 15) is 9.59 Å². The average molecular weight is 467 g/mol. The molecule has 1 atom stereocenters. The molecule has 0 spiro atoms. The second-order valence-electron chi connectivity index (χ2n) is 8.68. The van der Waals surface area contributed by atoms with Crippen LogP contribution in [0.25, 0.3) is 27.5 Å². The Kier molecular flexibility index (Phi) is 5.61. The van der Waals surface area contributed by atoms with Crippen molar-refractivity contribution in [1.29, 1.82) is 0 Å². The molecule has 35 heavy (non-hydrogen) atoms. The number of carbonyl (C=O) groups excluding carboxylic acids is 1. The van der Waals surface area contributed by atoms with E-state index in [0.717, 1.165) is 33.3 Å². The Morgan fingerprint density at radius 1 is 1.03 bits per heavy atom. The zero-order chi connectivity index (χ0) is 24.7. The van der Waals surface area contributed by atoms with Crippen molar-refractivity contribution in [3.05, 3.63) is 99.6 Å². The van der Waals surface area contributed by atoms with Gasteiger partial charge in [-0.15, -0.1) is 0 Å². The van der Waals surface area contributed by atoms with Gasteiger partial charge in [0.05, 0.1) is 24.5 Å². The van der Waals surface area contributed by atoms with E-state index >= 15 is 0 Å². The number of ether oxygens (including phenoxy) is 1. The maximum atomic E-state index is 13.1. The summed E-state index contributed by atoms with van der Waals surface area (Å²) in [6.07, 6.45) is 0. The van der Waals surface area contributed by atoms with Crippen LogP contribution in [0.5, 0.6) is 5.75 Å². The predicted molar refractivity (Wildman–Crippen MR) is 137 cm³/mol. The third kappa shape index (κ3) is 3.95. The highest BCUT2D eigenvalue weighted by molar-refractivity contribution is 5.96. The fourth-order valence-corrected chi connectivity index (χ4v) is 4.46. The zero-order valence-electron chi connectivity index (χ0n) is 20.0. The first-order chi connectivity index (χ1) is 16.9. The summed E-state index contributed by atoms with van der Waals surface area (Å²) >= 11 is 0. The molecule has 0 fully saturated rings. The van der Waals surface area contributed by atoms with E-state index < -0.39 is 0 Å². The average Bonchev–Trinajstić information content (AvgIpc) is 3.24. The van der Waals surface area contributed by atoms with E-state index in [1.807, 2.05) is 80.6 Å². The molecule has 0 bridgehead atoms. The summed E-state index contributed by atoms with van der Waals surface area (Å²) < 4.78 is 6.78. The van der Waals surface area contributed by atoms with Gasteiger partial charge in [0, 0.05) is 11.1 Å². The standard InChI is InChI=1S/C28H26N4O3/c1-16-24(27(33)29-17(2)19-11-13-23(35-4)14-12-19)31-32-18(3)25(30-28(34)26(16)32)22-10-9-20-7-5-6-8-21(20)15-22/h5-15,17H,1-4H3,(H,29,33)(H,30,34). The number of aromatic nitrogens is 3. The van der Waals surface area contributed by atoms with E-state index in [1.54, 1.807) is 18.5 Å². The van der Waals surface area contributed by atoms with Crippen molar-refractivity contribution >= 4 is 22.2 Å². The Balaban J connectivity index is 1.52. The molecular formula is C28H26N4O3. The van der Waals surface area contributed by atoms with Gasteiger partial charge in [-0.3, -0.25) is 9.59 Å². The molecule has 2 heterocycles. The minimum absolute atomic E-state index is 0.231. The lowest BCUT2D eigenvalue weighted by Gasteiger charge is -2.14. The summed E-state index contributed by atoms with van der Waals surface area (Å²) in [5, 5.41) is 9.75. The Labute approximate surface area is 202 Å². The molecule has 176 valence electrons. The summed E-state index contributed by atoms with van der Waals surface area (Å²) in [4.78, 5) is 29.2. The number of amides is 1. The van der Waals surface area contributed by atoms with E-state index in [1.165, 1.54) is 0 Å². The van der Waals surface area contributed by atoms with Gasteiger partial charge in [-0.1, -0.05) is 48.5 Å². The molecule has 3 aromatic carbocycles. The minimum atomic E-state index is -0.333. The highest BCUT2D eigenvalue weighted by Crippen LogP contribution is 2.26. The maximum Gasteiger partial charge on any atom is 0.274 e. The van der Waals surface area contributed by atoms with Crippen LogP contribution in [-0.2, 0) is 0 Å². The first-order valence-electron chi connectivity index (χ1n) is 11.4. The van der Waals surface area contributed by atoms with Gasteiger partial charge in [0.1, 0.15) is 11.3 Å². The molecule has 0 aliphatic rings. The van der Waals surface area contributed by atoms with Crippen LogP contribution >= 0.6 is 0 Å². The number of rotatable bonds is 5. The molecule has 0 radical (unpaired) electrons. The highest BCUT2D eigenvalue weighted by Gasteiger charge is 2.22. The van der Waals surface area contributed by atoms with Crippen LogP contribution in [0.3, 0.4) is 0 Å². The number of aromatic amines is 1. The fraction of sp³-hybridized carbons (Fsp3) is 0.179. The normalized spacial score (nSPS) is 12.1. The molecule has 2 N–H and O–H groups in total. The third-order valence-corrected chi connectivity index (χ3v) is 6.47. The van der Waals surface area contributed by atoms with Gasteiger partial charge in [-0.05, 0) is 55.3 Å². The van der Waals surface area contributed by atoms with Crippen LogP contribution in [0.4, 0.5) is 0 Å². The number of hydrogen-bond acceptors (Lipinski definition) is 4. The van der Waals surface area contributed by atoms with Crippen molar-refractivity contribution in [3.8, 4) is 17.0 Å². The van der Waals surface area contributed by atoms with Crippen LogP contribution in [0, 0.1) is 13.8 Å². The number of nitrogens with one attached hydrogen (secondary N) is 2. The van der Waals surface area contributed by atoms with Gasteiger partial charge in [-0.2, -0.15) is 5.10 Å². The summed E-state index contributed by atoms with van der Waals surface area (Å²) in [5.41, 5.74) is 4.10. The zero-order valence-corrected chi connectivity index (χ0v) is 20.0. The molecule has 7 nitrogen and oxygen atoms in total. The van der Waals surface area contributed by atoms with Gasteiger partial charge in [-0.25, -0.2) is 4.52 Å². The Hall–Kier alpha value is -4.39. The van der Waals surface area contributed by atoms with Gasteiger partial charge < -0.3 is 15.0 Å². The van der Waals surface area contributed by atoms with Crippen LogP contribution in [0.1, 0.15) is 40.3 Å². The van der Waals surface area contributed by atoms with Crippen molar-refractivity contribution in [3.63, 3.8) is 0 Å². The Morgan fingerprint density at radius 3 is 2.46 bits per heavy atom. The van der Waals surface area contributed by atoms with Gasteiger partial charge in [0.2, 0.25) is 0 Å². The second kappa shape index (κ2) is 8.76. The summed E-state index contributed by atoms with van der Waals surface area (Å²) in [5.74, 6) is 0.418. The lowest BCUT2D eigenvalue weighted by molar-refractivity contribution is 0.0934. The lowest BCUT2D eigenvalue weighted by atomic mass is 10.0. The molecular weight excluding hydrogens is 440 g/mol. The molecule has 7 heteroatoms. The summed E-state index contributed by atoms with van der Waals surface area (Å²) in [6, 6.07) is 21.4. The smallest absolute Gasteiger partial charge is 0.274 e. The molecule has 0 aliphatic heterocycles. The highest BCUT2D eigenvalue weighted by atomic mass is 16.5. The predicted octanol–water partition coefficient (Wildman–Crippen LogP) is 4.96. The Bertz CT molecular complexity index is 1630. The number of aryl methyl sites for hydroxylation is 2. The topological polar surface area (TPSA) is 88.5 Å². The largest absolute Gasteiger partial charge is 0.497 e. The molecule has 0 saturated carbocycles. The quantitative estimate of drug-likeness (QED) is 0.383. The Morgan fingerprint density at radius 2 is 1.74 bits per heavy atom. The van der Waals surface area contributed by atoms with Crippen LogP contribution in [-0.4, -0.2) is 27.6 Å². The van der Waals surface area contributed by atoms with Gasteiger partial charge in [0.25, 0.3) is 11.5 Å². The van der Waals surface area contributed by atoms with E-state index in [4.69, 9.17) is 4.74 Å². The number of fused-ring (bicyclic) bond motifs is 2. The first kappa shape index (κ1) is 22.4. The molecule has 2 aromatic heterocycles. The van der Waals surface area contributed by atoms with E-state index in [0.29, 0.717) is 16.8 Å². The van der Waals surface area contributed by atoms with Crippen LogP contribution < -0.4 is 15.6 Å².